The first-order chi connectivity index (χ1) is 10.9. The molecule has 0 amide bonds. The number of aromatic nitrogens is 1. The highest BCUT2D eigenvalue weighted by atomic mass is 16.6. The third kappa shape index (κ3) is 2.02. The molecule has 0 fully saturated rings. The molecule has 0 saturated heterocycles. The second-order valence-corrected chi connectivity index (χ2v) is 5.07. The monoisotopic (exact) mass is 294 g/mol. The molecule has 5 heteroatoms. The Labute approximate surface area is 127 Å². The van der Waals surface area contributed by atoms with Gasteiger partial charge in [-0.3, -0.25) is 4.98 Å². The summed E-state index contributed by atoms with van der Waals surface area (Å²) in [4.78, 5) is 9.87. The molecule has 0 spiro atoms. The molecule has 1 aromatic carbocycles. The van der Waals surface area contributed by atoms with Gasteiger partial charge < -0.3 is 14.0 Å². The van der Waals surface area contributed by atoms with Gasteiger partial charge in [-0.15, -0.1) is 0 Å². The predicted molar refractivity (Wildman–Crippen MR) is 82.0 cm³/mol. The molecule has 4 rings (SSSR count). The first-order valence-corrected chi connectivity index (χ1v) is 7.05. The number of benzene rings is 1. The van der Waals surface area contributed by atoms with Crippen molar-refractivity contribution in [3.8, 4) is 5.75 Å². The standard InChI is InChI=1S/C17H14N2O3/c1-20-17-11(5-6-15-12(17)7-9-21-15)14-10-16(22-19-14)13-4-2-3-8-18-13/h2-9,16H,10H2,1H3. The normalized spacial score (nSPS) is 17.3. The van der Waals surface area contributed by atoms with Crippen molar-refractivity contribution in [2.45, 2.75) is 12.5 Å². The lowest BCUT2D eigenvalue weighted by Crippen LogP contribution is -2.04. The fraction of sp³-hybridized carbons (Fsp3) is 0.176. The van der Waals surface area contributed by atoms with Gasteiger partial charge in [0.1, 0.15) is 11.3 Å². The highest BCUT2D eigenvalue weighted by Crippen LogP contribution is 2.35. The van der Waals surface area contributed by atoms with E-state index in [1.165, 1.54) is 0 Å². The van der Waals surface area contributed by atoms with Crippen LogP contribution in [0.3, 0.4) is 0 Å². The van der Waals surface area contributed by atoms with Crippen molar-refractivity contribution in [3.63, 3.8) is 0 Å². The van der Waals surface area contributed by atoms with Crippen LogP contribution in [0.2, 0.25) is 0 Å². The van der Waals surface area contributed by atoms with Crippen molar-refractivity contribution in [1.82, 2.24) is 4.98 Å². The molecule has 3 heterocycles. The molecule has 0 saturated carbocycles. The molecular weight excluding hydrogens is 280 g/mol. The van der Waals surface area contributed by atoms with E-state index >= 15 is 0 Å². The molecule has 0 radical (unpaired) electrons. The fourth-order valence-electron chi connectivity index (χ4n) is 2.73. The summed E-state index contributed by atoms with van der Waals surface area (Å²) in [6.45, 7) is 0. The van der Waals surface area contributed by atoms with E-state index in [9.17, 15) is 0 Å². The van der Waals surface area contributed by atoms with Gasteiger partial charge in [0.2, 0.25) is 0 Å². The van der Waals surface area contributed by atoms with E-state index in [1.54, 1.807) is 19.6 Å². The molecule has 22 heavy (non-hydrogen) atoms. The first kappa shape index (κ1) is 12.9. The minimum absolute atomic E-state index is 0.152. The molecule has 5 nitrogen and oxygen atoms in total. The minimum atomic E-state index is -0.152. The molecule has 2 aromatic heterocycles. The smallest absolute Gasteiger partial charge is 0.174 e. The largest absolute Gasteiger partial charge is 0.495 e. The van der Waals surface area contributed by atoms with Gasteiger partial charge in [-0.2, -0.15) is 0 Å². The Morgan fingerprint density at radius 3 is 2.95 bits per heavy atom. The van der Waals surface area contributed by atoms with Crippen LogP contribution in [0.25, 0.3) is 11.0 Å². The number of pyridine rings is 1. The summed E-state index contributed by atoms with van der Waals surface area (Å²) in [6.07, 6.45) is 3.92. The summed E-state index contributed by atoms with van der Waals surface area (Å²) < 4.78 is 11.0. The zero-order valence-electron chi connectivity index (χ0n) is 12.0. The summed E-state index contributed by atoms with van der Waals surface area (Å²) >= 11 is 0. The van der Waals surface area contributed by atoms with Crippen LogP contribution in [0.4, 0.5) is 0 Å². The number of rotatable bonds is 3. The van der Waals surface area contributed by atoms with Crippen molar-refractivity contribution in [3.05, 3.63) is 60.1 Å². The van der Waals surface area contributed by atoms with Gasteiger partial charge in [0.15, 0.2) is 6.10 Å². The van der Waals surface area contributed by atoms with Crippen molar-refractivity contribution in [2.24, 2.45) is 5.16 Å². The molecule has 110 valence electrons. The SMILES string of the molecule is COc1c(C2=NOC(c3ccccn3)C2)ccc2occc12. The lowest BCUT2D eigenvalue weighted by atomic mass is 10.0. The topological polar surface area (TPSA) is 56.9 Å². The molecular formula is C17H14N2O3. The summed E-state index contributed by atoms with van der Waals surface area (Å²) in [6, 6.07) is 11.5. The number of nitrogens with zero attached hydrogens (tertiary/aromatic N) is 2. The number of hydrogen-bond acceptors (Lipinski definition) is 5. The third-order valence-electron chi connectivity index (χ3n) is 3.79. The van der Waals surface area contributed by atoms with Crippen LogP contribution < -0.4 is 4.74 Å². The average molecular weight is 294 g/mol. The first-order valence-electron chi connectivity index (χ1n) is 7.05. The molecule has 1 aliphatic heterocycles. The maximum absolute atomic E-state index is 5.56. The number of methoxy groups -OCH3 is 1. The zero-order chi connectivity index (χ0) is 14.9. The van der Waals surface area contributed by atoms with E-state index in [1.807, 2.05) is 36.4 Å². The summed E-state index contributed by atoms with van der Waals surface area (Å²) in [5, 5.41) is 5.16. The second kappa shape index (κ2) is 5.18. The minimum Gasteiger partial charge on any atom is -0.495 e. The Morgan fingerprint density at radius 1 is 1.18 bits per heavy atom. The number of oxime groups is 1. The zero-order valence-corrected chi connectivity index (χ0v) is 12.0. The summed E-state index contributed by atoms with van der Waals surface area (Å²) in [5.41, 5.74) is 3.46. The molecule has 1 aliphatic rings. The Hall–Kier alpha value is -2.82. The summed E-state index contributed by atoms with van der Waals surface area (Å²) in [5.74, 6) is 0.760. The molecule has 1 unspecified atom stereocenters. The van der Waals surface area contributed by atoms with E-state index in [0.717, 1.165) is 33.7 Å². The number of furan rings is 1. The fourth-order valence-corrected chi connectivity index (χ4v) is 2.73. The van der Waals surface area contributed by atoms with Crippen LogP contribution in [0.15, 0.2) is 58.4 Å². The van der Waals surface area contributed by atoms with Crippen molar-refractivity contribution >= 4 is 16.7 Å². The van der Waals surface area contributed by atoms with Crippen LogP contribution in [-0.2, 0) is 4.84 Å². The number of hydrogen-bond donors (Lipinski definition) is 0. The van der Waals surface area contributed by atoms with Crippen LogP contribution in [0, 0.1) is 0 Å². The van der Waals surface area contributed by atoms with E-state index < -0.39 is 0 Å². The second-order valence-electron chi connectivity index (χ2n) is 5.07. The Morgan fingerprint density at radius 2 is 2.14 bits per heavy atom. The van der Waals surface area contributed by atoms with Crippen molar-refractivity contribution in [2.75, 3.05) is 7.11 Å². The van der Waals surface area contributed by atoms with Gasteiger partial charge in [-0.25, -0.2) is 0 Å². The van der Waals surface area contributed by atoms with Crippen LogP contribution in [0.5, 0.6) is 5.75 Å². The Bertz CT molecular complexity index is 839. The summed E-state index contributed by atoms with van der Waals surface area (Å²) in [7, 11) is 1.65. The molecule has 0 N–H and O–H groups in total. The molecule has 3 aromatic rings. The molecule has 1 atom stereocenters. The quantitative estimate of drug-likeness (QED) is 0.739. The van der Waals surface area contributed by atoms with Gasteiger partial charge in [0, 0.05) is 18.2 Å². The van der Waals surface area contributed by atoms with E-state index in [2.05, 4.69) is 10.1 Å². The van der Waals surface area contributed by atoms with Crippen molar-refractivity contribution < 1.29 is 14.0 Å². The van der Waals surface area contributed by atoms with E-state index in [4.69, 9.17) is 14.0 Å². The Balaban J connectivity index is 1.69. The highest BCUT2D eigenvalue weighted by molar-refractivity contribution is 6.07. The molecule has 0 aliphatic carbocycles. The highest BCUT2D eigenvalue weighted by Gasteiger charge is 2.27. The van der Waals surface area contributed by atoms with Crippen molar-refractivity contribution in [1.29, 1.82) is 0 Å². The predicted octanol–water partition coefficient (Wildman–Crippen LogP) is 3.70. The van der Waals surface area contributed by atoms with Crippen LogP contribution >= 0.6 is 0 Å². The van der Waals surface area contributed by atoms with E-state index in [0.29, 0.717) is 6.42 Å². The number of ether oxygens (including phenoxy) is 1. The maximum atomic E-state index is 5.56. The van der Waals surface area contributed by atoms with Gasteiger partial charge in [0.05, 0.1) is 30.2 Å². The van der Waals surface area contributed by atoms with Gasteiger partial charge in [-0.05, 0) is 30.3 Å². The van der Waals surface area contributed by atoms with Gasteiger partial charge >= 0.3 is 0 Å². The van der Waals surface area contributed by atoms with Crippen LogP contribution in [-0.4, -0.2) is 17.8 Å². The average Bonchev–Trinajstić information content (AvgIpc) is 3.23. The Kier molecular flexibility index (Phi) is 3.04. The number of fused-ring (bicyclic) bond motifs is 1. The lowest BCUT2D eigenvalue weighted by molar-refractivity contribution is 0.0826. The van der Waals surface area contributed by atoms with E-state index in [-0.39, 0.29) is 6.10 Å². The molecule has 0 bridgehead atoms. The lowest BCUT2D eigenvalue weighted by Gasteiger charge is -2.09. The van der Waals surface area contributed by atoms with Crippen LogP contribution in [0.1, 0.15) is 23.8 Å². The van der Waals surface area contributed by atoms with Gasteiger partial charge in [0.25, 0.3) is 0 Å². The maximum Gasteiger partial charge on any atom is 0.174 e. The van der Waals surface area contributed by atoms with Gasteiger partial charge in [-0.1, -0.05) is 11.2 Å². The third-order valence-corrected chi connectivity index (χ3v) is 3.79.